The molecule has 0 saturated carbocycles. The number of hydrogen-bond donors (Lipinski definition) is 3. The van der Waals surface area contributed by atoms with E-state index in [0.29, 0.717) is 17.5 Å². The number of anilines is 2. The van der Waals surface area contributed by atoms with Gasteiger partial charge in [0.05, 0.1) is 11.1 Å². The monoisotopic (exact) mass is 323 g/mol. The van der Waals surface area contributed by atoms with Gasteiger partial charge in [-0.1, -0.05) is 19.1 Å². The SMILES string of the molecule is C[C@H](Cc1ccc2nc(N)nc(N)c2n1)c1ccc(C(=O)O)cc1. The normalized spacial score (nSPS) is 12.2. The maximum Gasteiger partial charge on any atom is 0.335 e. The number of nitrogens with zero attached hydrogens (tertiary/aromatic N) is 3. The third kappa shape index (κ3) is 3.10. The van der Waals surface area contributed by atoms with Gasteiger partial charge in [0.25, 0.3) is 0 Å². The minimum atomic E-state index is -0.930. The van der Waals surface area contributed by atoms with Gasteiger partial charge in [-0.2, -0.15) is 4.98 Å². The van der Waals surface area contributed by atoms with Crippen LogP contribution in [0.4, 0.5) is 11.8 Å². The molecule has 0 radical (unpaired) electrons. The minimum absolute atomic E-state index is 0.126. The summed E-state index contributed by atoms with van der Waals surface area (Å²) >= 11 is 0. The van der Waals surface area contributed by atoms with Gasteiger partial charge in [0, 0.05) is 5.69 Å². The summed E-state index contributed by atoms with van der Waals surface area (Å²) < 4.78 is 0. The Morgan fingerprint density at radius 3 is 2.46 bits per heavy atom. The van der Waals surface area contributed by atoms with Gasteiger partial charge in [0.15, 0.2) is 5.82 Å². The Kier molecular flexibility index (Phi) is 3.99. The van der Waals surface area contributed by atoms with Crippen molar-refractivity contribution in [1.29, 1.82) is 0 Å². The molecule has 2 heterocycles. The fourth-order valence-corrected chi connectivity index (χ4v) is 2.60. The van der Waals surface area contributed by atoms with Crippen molar-refractivity contribution in [3.63, 3.8) is 0 Å². The summed E-state index contributed by atoms with van der Waals surface area (Å²) in [6, 6.07) is 10.6. The highest BCUT2D eigenvalue weighted by Crippen LogP contribution is 2.23. The highest BCUT2D eigenvalue weighted by molar-refractivity contribution is 5.87. The van der Waals surface area contributed by atoms with Crippen molar-refractivity contribution in [3.8, 4) is 0 Å². The number of aromatic carboxylic acids is 1. The van der Waals surface area contributed by atoms with Crippen molar-refractivity contribution in [2.24, 2.45) is 0 Å². The average Bonchev–Trinajstić information content (AvgIpc) is 2.55. The lowest BCUT2D eigenvalue weighted by molar-refractivity contribution is 0.0697. The largest absolute Gasteiger partial charge is 0.478 e. The lowest BCUT2D eigenvalue weighted by atomic mass is 9.95. The number of nitrogens with two attached hydrogens (primary N) is 2. The van der Waals surface area contributed by atoms with E-state index in [0.717, 1.165) is 11.3 Å². The van der Waals surface area contributed by atoms with Crippen LogP contribution in [0.3, 0.4) is 0 Å². The summed E-state index contributed by atoms with van der Waals surface area (Å²) in [5.74, 6) is -0.367. The number of benzene rings is 1. The van der Waals surface area contributed by atoms with Crippen LogP contribution in [0.2, 0.25) is 0 Å². The summed E-state index contributed by atoms with van der Waals surface area (Å²) in [5.41, 5.74) is 14.8. The fraction of sp³-hybridized carbons (Fsp3) is 0.176. The number of pyridine rings is 1. The van der Waals surface area contributed by atoms with E-state index < -0.39 is 5.97 Å². The zero-order valence-corrected chi connectivity index (χ0v) is 13.1. The summed E-state index contributed by atoms with van der Waals surface area (Å²) in [6.07, 6.45) is 0.687. The van der Waals surface area contributed by atoms with E-state index in [1.807, 2.05) is 24.3 Å². The first-order chi connectivity index (χ1) is 11.4. The number of carboxylic acid groups (broad SMARTS) is 1. The Labute approximate surface area is 138 Å². The number of nitrogen functional groups attached to an aromatic ring is 2. The molecule has 0 aliphatic rings. The molecule has 3 rings (SSSR count). The van der Waals surface area contributed by atoms with Crippen LogP contribution in [-0.4, -0.2) is 26.0 Å². The first kappa shape index (κ1) is 15.7. The molecule has 122 valence electrons. The third-order valence-electron chi connectivity index (χ3n) is 3.89. The zero-order chi connectivity index (χ0) is 17.3. The lowest BCUT2D eigenvalue weighted by Crippen LogP contribution is -2.05. The van der Waals surface area contributed by atoms with Crippen molar-refractivity contribution in [2.75, 3.05) is 11.5 Å². The van der Waals surface area contributed by atoms with Crippen LogP contribution in [0, 0.1) is 0 Å². The molecule has 24 heavy (non-hydrogen) atoms. The van der Waals surface area contributed by atoms with Gasteiger partial charge >= 0.3 is 5.97 Å². The van der Waals surface area contributed by atoms with Gasteiger partial charge in [-0.3, -0.25) is 0 Å². The number of rotatable bonds is 4. The van der Waals surface area contributed by atoms with Crippen molar-refractivity contribution in [2.45, 2.75) is 19.3 Å². The van der Waals surface area contributed by atoms with E-state index in [2.05, 4.69) is 21.9 Å². The van der Waals surface area contributed by atoms with Gasteiger partial charge in [-0.25, -0.2) is 14.8 Å². The fourth-order valence-electron chi connectivity index (χ4n) is 2.60. The van der Waals surface area contributed by atoms with Gasteiger partial charge in [0.1, 0.15) is 5.52 Å². The summed E-state index contributed by atoms with van der Waals surface area (Å²) in [4.78, 5) is 23.5. The van der Waals surface area contributed by atoms with E-state index in [4.69, 9.17) is 16.6 Å². The van der Waals surface area contributed by atoms with Crippen molar-refractivity contribution in [1.82, 2.24) is 15.0 Å². The quantitative estimate of drug-likeness (QED) is 0.671. The maximum absolute atomic E-state index is 10.9. The molecule has 5 N–H and O–H groups in total. The molecule has 0 amide bonds. The predicted octanol–water partition coefficient (Wildman–Crippen LogP) is 2.23. The number of fused-ring (bicyclic) bond motifs is 1. The van der Waals surface area contributed by atoms with Crippen LogP contribution in [0.5, 0.6) is 0 Å². The standard InChI is InChI=1S/C17H17N5O2/c1-9(10-2-4-11(5-3-10)16(23)24)8-12-6-7-13-14(20-12)15(18)22-17(19)21-13/h2-7,9H,8H2,1H3,(H,23,24)(H4,18,19,21,22)/t9-/m1/s1. The maximum atomic E-state index is 10.9. The highest BCUT2D eigenvalue weighted by Gasteiger charge is 2.11. The number of carboxylic acids is 1. The third-order valence-corrected chi connectivity index (χ3v) is 3.89. The Morgan fingerprint density at radius 1 is 1.08 bits per heavy atom. The van der Waals surface area contributed by atoms with Gasteiger partial charge in [-0.15, -0.1) is 0 Å². The Morgan fingerprint density at radius 2 is 1.79 bits per heavy atom. The topological polar surface area (TPSA) is 128 Å². The second-order valence-electron chi connectivity index (χ2n) is 5.67. The Bertz CT molecular complexity index is 909. The molecule has 1 atom stereocenters. The van der Waals surface area contributed by atoms with Gasteiger partial charge in [-0.05, 0) is 42.2 Å². The van der Waals surface area contributed by atoms with Crippen molar-refractivity contribution in [3.05, 3.63) is 53.2 Å². The second-order valence-corrected chi connectivity index (χ2v) is 5.67. The summed E-state index contributed by atoms with van der Waals surface area (Å²) in [7, 11) is 0. The van der Waals surface area contributed by atoms with E-state index in [1.54, 1.807) is 12.1 Å². The second kappa shape index (κ2) is 6.11. The predicted molar refractivity (Wildman–Crippen MR) is 91.7 cm³/mol. The average molecular weight is 323 g/mol. The minimum Gasteiger partial charge on any atom is -0.478 e. The smallest absolute Gasteiger partial charge is 0.335 e. The van der Waals surface area contributed by atoms with Crippen LogP contribution < -0.4 is 11.5 Å². The molecular weight excluding hydrogens is 306 g/mol. The van der Waals surface area contributed by atoms with Crippen LogP contribution in [0.15, 0.2) is 36.4 Å². The number of hydrogen-bond acceptors (Lipinski definition) is 6. The zero-order valence-electron chi connectivity index (χ0n) is 13.1. The molecule has 0 bridgehead atoms. The molecule has 0 aliphatic carbocycles. The van der Waals surface area contributed by atoms with Crippen molar-refractivity contribution >= 4 is 28.8 Å². The van der Waals surface area contributed by atoms with E-state index in [9.17, 15) is 4.79 Å². The van der Waals surface area contributed by atoms with Gasteiger partial charge < -0.3 is 16.6 Å². The molecule has 0 aliphatic heterocycles. The first-order valence-electron chi connectivity index (χ1n) is 7.46. The molecule has 0 fully saturated rings. The number of aromatic nitrogens is 3. The van der Waals surface area contributed by atoms with Crippen molar-refractivity contribution < 1.29 is 9.90 Å². The Balaban J connectivity index is 1.84. The molecule has 0 saturated heterocycles. The molecule has 7 heteroatoms. The van der Waals surface area contributed by atoms with Crippen LogP contribution >= 0.6 is 0 Å². The van der Waals surface area contributed by atoms with Crippen LogP contribution in [0.1, 0.15) is 34.5 Å². The summed E-state index contributed by atoms with van der Waals surface area (Å²) in [6.45, 7) is 2.06. The molecule has 1 aromatic carbocycles. The summed E-state index contributed by atoms with van der Waals surface area (Å²) in [5, 5.41) is 8.95. The van der Waals surface area contributed by atoms with Crippen LogP contribution in [-0.2, 0) is 6.42 Å². The molecule has 2 aromatic heterocycles. The molecule has 0 spiro atoms. The van der Waals surface area contributed by atoms with E-state index in [1.165, 1.54) is 0 Å². The van der Waals surface area contributed by atoms with Gasteiger partial charge in [0.2, 0.25) is 5.95 Å². The van der Waals surface area contributed by atoms with Crippen LogP contribution in [0.25, 0.3) is 11.0 Å². The van der Waals surface area contributed by atoms with E-state index >= 15 is 0 Å². The molecule has 3 aromatic rings. The molecule has 0 unspecified atom stereocenters. The lowest BCUT2D eigenvalue weighted by Gasteiger charge is -2.12. The highest BCUT2D eigenvalue weighted by atomic mass is 16.4. The Hall–Kier alpha value is -3.22. The first-order valence-corrected chi connectivity index (χ1v) is 7.46. The number of carbonyl (C=O) groups is 1. The molecular formula is C17H17N5O2. The van der Waals surface area contributed by atoms with E-state index in [-0.39, 0.29) is 23.2 Å². The molecule has 7 nitrogen and oxygen atoms in total.